The van der Waals surface area contributed by atoms with E-state index in [2.05, 4.69) is 6.07 Å². The number of benzene rings is 1. The highest BCUT2D eigenvalue weighted by molar-refractivity contribution is 5.69. The molecular weight excluding hydrogens is 294 g/mol. The molecule has 0 aliphatic carbocycles. The number of hydrogen-bond donors (Lipinski definition) is 0. The number of hydrogen-bond acceptors (Lipinski definition) is 4. The average molecular weight is 319 g/mol. The Morgan fingerprint density at radius 2 is 2.09 bits per heavy atom. The number of fused-ring (bicyclic) bond motifs is 3. The first-order valence-electron chi connectivity index (χ1n) is 8.16. The lowest BCUT2D eigenvalue weighted by Crippen LogP contribution is -2.35. The Hall–Kier alpha value is -1.91. The normalized spacial score (nSPS) is 23.4. The summed E-state index contributed by atoms with van der Waals surface area (Å²) >= 11 is 0. The molecule has 2 atom stereocenters. The molecule has 0 spiro atoms. The summed E-state index contributed by atoms with van der Waals surface area (Å²) in [5.74, 6) is 2.38. The Labute approximate surface area is 137 Å². The largest absolute Gasteiger partial charge is 0.497 e. The topological polar surface area (TPSA) is 48.0 Å². The number of carbonyl (C=O) groups is 1. The standard InChI is InChI=1S/C18H25NO4/c1-18(2,3)23-17(20)19-10-12-7-8-22-16-9-13(21-4)5-6-14(16)15(12)11-19/h5-6,9,12,15H,7-8,10-11H2,1-4H3/t12-,15-/m0/s1. The quantitative estimate of drug-likeness (QED) is 0.796. The Balaban J connectivity index is 1.80. The molecule has 0 bridgehead atoms. The number of ether oxygens (including phenoxy) is 3. The van der Waals surface area contributed by atoms with Gasteiger partial charge >= 0.3 is 6.09 Å². The van der Waals surface area contributed by atoms with Crippen molar-refractivity contribution in [3.05, 3.63) is 23.8 Å². The van der Waals surface area contributed by atoms with Crippen molar-refractivity contribution >= 4 is 6.09 Å². The van der Waals surface area contributed by atoms with Crippen molar-refractivity contribution in [1.29, 1.82) is 0 Å². The van der Waals surface area contributed by atoms with Crippen LogP contribution < -0.4 is 9.47 Å². The second-order valence-corrected chi connectivity index (χ2v) is 7.29. The minimum Gasteiger partial charge on any atom is -0.497 e. The van der Waals surface area contributed by atoms with Crippen LogP contribution in [-0.4, -0.2) is 43.4 Å². The van der Waals surface area contributed by atoms with Gasteiger partial charge in [-0.15, -0.1) is 0 Å². The van der Waals surface area contributed by atoms with Gasteiger partial charge in [0.15, 0.2) is 0 Å². The molecule has 0 radical (unpaired) electrons. The van der Waals surface area contributed by atoms with E-state index in [4.69, 9.17) is 14.2 Å². The molecule has 3 rings (SSSR count). The molecule has 1 amide bonds. The van der Waals surface area contributed by atoms with E-state index in [0.29, 0.717) is 25.0 Å². The Morgan fingerprint density at radius 1 is 1.30 bits per heavy atom. The first kappa shape index (κ1) is 16.0. The molecule has 0 unspecified atom stereocenters. The SMILES string of the molecule is COc1ccc2c(c1)OCC[C@H]1CN(C(=O)OC(C)(C)C)C[C@H]21. The maximum atomic E-state index is 12.4. The molecule has 2 heterocycles. The third kappa shape index (κ3) is 3.38. The van der Waals surface area contributed by atoms with Gasteiger partial charge in [-0.05, 0) is 44.7 Å². The predicted octanol–water partition coefficient (Wildman–Crippen LogP) is 3.43. The molecule has 2 aliphatic rings. The van der Waals surface area contributed by atoms with Crippen molar-refractivity contribution in [3.8, 4) is 11.5 Å². The second-order valence-electron chi connectivity index (χ2n) is 7.29. The van der Waals surface area contributed by atoms with Gasteiger partial charge in [0.05, 0.1) is 13.7 Å². The van der Waals surface area contributed by atoms with E-state index in [1.807, 2.05) is 37.8 Å². The maximum Gasteiger partial charge on any atom is 0.410 e. The highest BCUT2D eigenvalue weighted by atomic mass is 16.6. The molecule has 1 saturated heterocycles. The van der Waals surface area contributed by atoms with E-state index in [1.165, 1.54) is 5.56 Å². The third-order valence-electron chi connectivity index (χ3n) is 4.46. The van der Waals surface area contributed by atoms with Crippen molar-refractivity contribution in [3.63, 3.8) is 0 Å². The maximum absolute atomic E-state index is 12.4. The number of likely N-dealkylation sites (tertiary alicyclic amines) is 1. The van der Waals surface area contributed by atoms with Gasteiger partial charge in [0, 0.05) is 25.1 Å². The average Bonchev–Trinajstić information content (AvgIpc) is 2.82. The van der Waals surface area contributed by atoms with Gasteiger partial charge in [-0.3, -0.25) is 0 Å². The number of nitrogens with zero attached hydrogens (tertiary/aromatic N) is 1. The van der Waals surface area contributed by atoms with Crippen LogP contribution in [0.4, 0.5) is 4.79 Å². The Morgan fingerprint density at radius 3 is 2.78 bits per heavy atom. The lowest BCUT2D eigenvalue weighted by atomic mass is 9.87. The summed E-state index contributed by atoms with van der Waals surface area (Å²) in [6, 6.07) is 5.96. The number of amides is 1. The summed E-state index contributed by atoms with van der Waals surface area (Å²) in [5, 5.41) is 0. The summed E-state index contributed by atoms with van der Waals surface area (Å²) < 4.78 is 16.7. The van der Waals surface area contributed by atoms with Crippen LogP contribution in [0, 0.1) is 5.92 Å². The summed E-state index contributed by atoms with van der Waals surface area (Å²) in [5.41, 5.74) is 0.704. The molecule has 1 fully saturated rings. The number of methoxy groups -OCH3 is 1. The van der Waals surface area contributed by atoms with E-state index in [-0.39, 0.29) is 6.09 Å². The predicted molar refractivity (Wildman–Crippen MR) is 87.1 cm³/mol. The van der Waals surface area contributed by atoms with Crippen LogP contribution in [0.3, 0.4) is 0 Å². The molecule has 0 N–H and O–H groups in total. The zero-order valence-electron chi connectivity index (χ0n) is 14.3. The van der Waals surface area contributed by atoms with E-state index in [0.717, 1.165) is 24.5 Å². The van der Waals surface area contributed by atoms with Crippen LogP contribution in [0.5, 0.6) is 11.5 Å². The smallest absolute Gasteiger partial charge is 0.410 e. The summed E-state index contributed by atoms with van der Waals surface area (Å²) in [4.78, 5) is 14.2. The lowest BCUT2D eigenvalue weighted by Gasteiger charge is -2.24. The minimum absolute atomic E-state index is 0.221. The first-order chi connectivity index (χ1) is 10.9. The highest BCUT2D eigenvalue weighted by Crippen LogP contribution is 2.43. The molecule has 1 aromatic carbocycles. The fraction of sp³-hybridized carbons (Fsp3) is 0.611. The van der Waals surface area contributed by atoms with Crippen LogP contribution in [0.1, 0.15) is 38.7 Å². The first-order valence-corrected chi connectivity index (χ1v) is 8.16. The van der Waals surface area contributed by atoms with Crippen molar-refractivity contribution in [2.75, 3.05) is 26.8 Å². The second kappa shape index (κ2) is 5.95. The number of rotatable bonds is 1. The Kier molecular flexibility index (Phi) is 4.13. The molecule has 1 aromatic rings. The zero-order valence-corrected chi connectivity index (χ0v) is 14.3. The fourth-order valence-corrected chi connectivity index (χ4v) is 3.38. The molecule has 2 aliphatic heterocycles. The van der Waals surface area contributed by atoms with Crippen molar-refractivity contribution in [2.24, 2.45) is 5.92 Å². The van der Waals surface area contributed by atoms with Crippen LogP contribution in [0.15, 0.2) is 18.2 Å². The van der Waals surface area contributed by atoms with Crippen LogP contribution in [-0.2, 0) is 4.74 Å². The van der Waals surface area contributed by atoms with E-state index >= 15 is 0 Å². The van der Waals surface area contributed by atoms with Crippen LogP contribution >= 0.6 is 0 Å². The molecule has 126 valence electrons. The molecule has 0 aromatic heterocycles. The van der Waals surface area contributed by atoms with Gasteiger partial charge in [-0.1, -0.05) is 6.07 Å². The summed E-state index contributed by atoms with van der Waals surface area (Å²) in [6.45, 7) is 7.78. The van der Waals surface area contributed by atoms with E-state index < -0.39 is 5.60 Å². The zero-order chi connectivity index (χ0) is 16.6. The van der Waals surface area contributed by atoms with Gasteiger partial charge in [0.1, 0.15) is 17.1 Å². The molecule has 5 heteroatoms. The molecule has 5 nitrogen and oxygen atoms in total. The minimum atomic E-state index is -0.462. The third-order valence-corrected chi connectivity index (χ3v) is 4.46. The van der Waals surface area contributed by atoms with Gasteiger partial charge < -0.3 is 19.1 Å². The van der Waals surface area contributed by atoms with Crippen molar-refractivity contribution < 1.29 is 19.0 Å². The summed E-state index contributed by atoms with van der Waals surface area (Å²) in [6.07, 6.45) is 0.725. The van der Waals surface area contributed by atoms with Crippen LogP contribution in [0.2, 0.25) is 0 Å². The van der Waals surface area contributed by atoms with Gasteiger partial charge in [-0.25, -0.2) is 4.79 Å². The van der Waals surface area contributed by atoms with E-state index in [1.54, 1.807) is 7.11 Å². The highest BCUT2D eigenvalue weighted by Gasteiger charge is 2.40. The summed E-state index contributed by atoms with van der Waals surface area (Å²) in [7, 11) is 1.65. The van der Waals surface area contributed by atoms with Gasteiger partial charge in [-0.2, -0.15) is 0 Å². The molecule has 23 heavy (non-hydrogen) atoms. The van der Waals surface area contributed by atoms with Gasteiger partial charge in [0.2, 0.25) is 0 Å². The van der Waals surface area contributed by atoms with Crippen molar-refractivity contribution in [2.45, 2.75) is 38.7 Å². The van der Waals surface area contributed by atoms with E-state index in [9.17, 15) is 4.79 Å². The van der Waals surface area contributed by atoms with Crippen LogP contribution in [0.25, 0.3) is 0 Å². The van der Waals surface area contributed by atoms with Gasteiger partial charge in [0.25, 0.3) is 0 Å². The lowest BCUT2D eigenvalue weighted by molar-refractivity contribution is 0.0284. The monoisotopic (exact) mass is 319 g/mol. The molecule has 0 saturated carbocycles. The Bertz CT molecular complexity index is 593. The fourth-order valence-electron chi connectivity index (χ4n) is 3.38. The molecular formula is C18H25NO4. The van der Waals surface area contributed by atoms with Crippen molar-refractivity contribution in [1.82, 2.24) is 4.90 Å². The number of carbonyl (C=O) groups excluding carboxylic acids is 1.